The molecule has 11 rings (SSSR count). The van der Waals surface area contributed by atoms with Gasteiger partial charge in [0.1, 0.15) is 17.3 Å². The number of aromatic nitrogens is 4. The number of anilines is 3. The summed E-state index contributed by atoms with van der Waals surface area (Å²) in [6, 6.07) is 61.7. The third-order valence-corrected chi connectivity index (χ3v) is 10.7. The zero-order valence-electron chi connectivity index (χ0n) is 30.0. The summed E-state index contributed by atoms with van der Waals surface area (Å²) >= 11 is 0. The van der Waals surface area contributed by atoms with E-state index in [0.717, 1.165) is 72.9 Å². The molecule has 10 aromatic rings. The summed E-state index contributed by atoms with van der Waals surface area (Å²) in [6.07, 6.45) is 5.36. The first-order valence-electron chi connectivity index (χ1n) is 18.4. The lowest BCUT2D eigenvalue weighted by atomic mass is 9.95. The van der Waals surface area contributed by atoms with E-state index in [9.17, 15) is 0 Å². The van der Waals surface area contributed by atoms with E-state index in [2.05, 4.69) is 178 Å². The minimum Gasteiger partial charge on any atom is -0.458 e. The molecule has 55 heavy (non-hydrogen) atoms. The first-order valence-corrected chi connectivity index (χ1v) is 18.4. The predicted molar refractivity (Wildman–Crippen MR) is 221 cm³/mol. The highest BCUT2D eigenvalue weighted by atomic mass is 16.5. The molecule has 0 spiro atoms. The van der Waals surface area contributed by atoms with Gasteiger partial charge in [0.25, 0.3) is 0 Å². The molecule has 1 aliphatic heterocycles. The number of hydrogen-bond donors (Lipinski definition) is 0. The van der Waals surface area contributed by atoms with Crippen molar-refractivity contribution >= 4 is 49.9 Å². The molecule has 260 valence electrons. The van der Waals surface area contributed by atoms with E-state index in [1.54, 1.807) is 0 Å². The van der Waals surface area contributed by atoms with Crippen molar-refractivity contribution in [3.8, 4) is 45.3 Å². The second-order valence-corrected chi connectivity index (χ2v) is 13.9. The van der Waals surface area contributed by atoms with Crippen LogP contribution in [0.2, 0.25) is 0 Å². The Balaban J connectivity index is 1.04. The molecule has 0 saturated heterocycles. The van der Waals surface area contributed by atoms with Crippen LogP contribution >= 0.6 is 0 Å². The fourth-order valence-corrected chi connectivity index (χ4v) is 8.30. The number of benzene rings is 7. The zero-order valence-corrected chi connectivity index (χ0v) is 30.0. The Labute approximate surface area is 318 Å². The van der Waals surface area contributed by atoms with Crippen LogP contribution in [0.1, 0.15) is 0 Å². The summed E-state index contributed by atoms with van der Waals surface area (Å²) in [4.78, 5) is 7.40. The Hall–Kier alpha value is -7.44. The molecule has 1 aliphatic rings. The van der Waals surface area contributed by atoms with Crippen LogP contribution in [0, 0.1) is 6.33 Å². The number of rotatable bonds is 5. The van der Waals surface area contributed by atoms with Crippen molar-refractivity contribution < 1.29 is 9.30 Å². The molecule has 0 amide bonds. The van der Waals surface area contributed by atoms with Gasteiger partial charge in [-0.25, -0.2) is 4.98 Å². The van der Waals surface area contributed by atoms with Crippen molar-refractivity contribution in [3.05, 3.63) is 188 Å². The topological polar surface area (TPSA) is 39.1 Å². The lowest BCUT2D eigenvalue weighted by molar-refractivity contribution is -0.649. The monoisotopic (exact) mass is 707 g/mol. The molecule has 7 aromatic carbocycles. The Morgan fingerprint density at radius 3 is 1.93 bits per heavy atom. The van der Waals surface area contributed by atoms with Gasteiger partial charge in [-0.3, -0.25) is 4.57 Å². The average molecular weight is 708 g/mol. The number of imidazole rings is 1. The number of ether oxygens (including phenoxy) is 1. The van der Waals surface area contributed by atoms with Gasteiger partial charge in [0, 0.05) is 40.2 Å². The van der Waals surface area contributed by atoms with Gasteiger partial charge >= 0.3 is 0 Å². The molecule has 4 heterocycles. The number of hydrogen-bond acceptors (Lipinski definition) is 3. The number of fused-ring (bicyclic) bond motifs is 9. The van der Waals surface area contributed by atoms with Crippen LogP contribution in [-0.2, 0) is 7.05 Å². The van der Waals surface area contributed by atoms with Gasteiger partial charge in [0.2, 0.25) is 6.33 Å². The van der Waals surface area contributed by atoms with Gasteiger partial charge in [-0.1, -0.05) is 115 Å². The number of nitrogens with zero attached hydrogens (tertiary/aromatic N) is 5. The maximum Gasteiger partial charge on any atom is 0.244 e. The predicted octanol–water partition coefficient (Wildman–Crippen LogP) is 11.7. The SMILES string of the molecule is C[n+]1[c-]n(-c2cccc(Oc3ccc4c5ccccc5n(-c5cc(N6c7ccccc7-c7ccccc7-c7ccccc76)ccn5)c4c3)c2)c2ccccc21. The molecule has 0 fully saturated rings. The largest absolute Gasteiger partial charge is 0.458 e. The van der Waals surface area contributed by atoms with Crippen LogP contribution in [0.5, 0.6) is 11.5 Å². The van der Waals surface area contributed by atoms with Crippen molar-refractivity contribution in [2.75, 3.05) is 4.90 Å². The molecule has 0 atom stereocenters. The van der Waals surface area contributed by atoms with Gasteiger partial charge in [-0.15, -0.1) is 0 Å². The lowest BCUT2D eigenvalue weighted by Gasteiger charge is -2.27. The fourth-order valence-electron chi connectivity index (χ4n) is 8.30. The number of aryl methyl sites for hydroxylation is 1. The standard InChI is InChI=1S/C49H33N5O/c1-51-32-52(47-24-11-10-23-46(47)51)33-13-12-14-35(29-33)55-36-25-26-42-41-19-6-9-22-45(41)54(48(42)31-36)49-30-34(27-28-50-49)53-43-20-7-4-17-39(43)37-15-2-3-16-38(37)40-18-5-8-21-44(40)53/h2-31H,1H3. The van der Waals surface area contributed by atoms with E-state index in [1.807, 2.05) is 36.0 Å². The fraction of sp³-hybridized carbons (Fsp3) is 0.0204. The molecular formula is C49H33N5O. The van der Waals surface area contributed by atoms with Crippen molar-refractivity contribution in [2.24, 2.45) is 7.05 Å². The Morgan fingerprint density at radius 2 is 1.15 bits per heavy atom. The Morgan fingerprint density at radius 1 is 0.509 bits per heavy atom. The van der Waals surface area contributed by atoms with Crippen molar-refractivity contribution in [1.29, 1.82) is 0 Å². The van der Waals surface area contributed by atoms with Gasteiger partial charge in [0.05, 0.1) is 51.9 Å². The van der Waals surface area contributed by atoms with Gasteiger partial charge < -0.3 is 18.8 Å². The first-order chi connectivity index (χ1) is 27.2. The number of para-hydroxylation sites is 5. The summed E-state index contributed by atoms with van der Waals surface area (Å²) < 4.78 is 13.0. The molecule has 0 unspecified atom stereocenters. The molecule has 6 heteroatoms. The summed E-state index contributed by atoms with van der Waals surface area (Å²) in [5.41, 5.74) is 13.3. The molecule has 6 nitrogen and oxygen atoms in total. The minimum absolute atomic E-state index is 0.741. The van der Waals surface area contributed by atoms with Crippen LogP contribution in [0.3, 0.4) is 0 Å². The van der Waals surface area contributed by atoms with E-state index >= 15 is 0 Å². The van der Waals surface area contributed by atoms with Crippen molar-refractivity contribution in [1.82, 2.24) is 14.1 Å². The van der Waals surface area contributed by atoms with Gasteiger partial charge in [0.15, 0.2) is 0 Å². The van der Waals surface area contributed by atoms with E-state index in [1.165, 1.54) is 22.3 Å². The molecule has 0 N–H and O–H groups in total. The van der Waals surface area contributed by atoms with Crippen LogP contribution < -0.4 is 14.2 Å². The summed E-state index contributed by atoms with van der Waals surface area (Å²) in [7, 11) is 2.02. The molecule has 0 saturated carbocycles. The highest BCUT2D eigenvalue weighted by Gasteiger charge is 2.26. The molecular weight excluding hydrogens is 675 g/mol. The highest BCUT2D eigenvalue weighted by molar-refractivity contribution is 6.09. The summed E-state index contributed by atoms with van der Waals surface area (Å²) in [5, 5.41) is 2.28. The lowest BCUT2D eigenvalue weighted by Crippen LogP contribution is -2.26. The van der Waals surface area contributed by atoms with E-state index in [4.69, 9.17) is 9.72 Å². The van der Waals surface area contributed by atoms with Crippen LogP contribution in [0.15, 0.2) is 182 Å². The smallest absolute Gasteiger partial charge is 0.244 e. The summed E-state index contributed by atoms with van der Waals surface area (Å²) in [6.45, 7) is 0. The second kappa shape index (κ2) is 12.3. The maximum atomic E-state index is 6.62. The van der Waals surface area contributed by atoms with Crippen molar-refractivity contribution in [3.63, 3.8) is 0 Å². The molecule has 0 aliphatic carbocycles. The first kappa shape index (κ1) is 31.1. The molecule has 0 bridgehead atoms. The van der Waals surface area contributed by atoms with E-state index in [0.29, 0.717) is 0 Å². The van der Waals surface area contributed by atoms with Gasteiger partial charge in [-0.05, 0) is 59.7 Å². The molecule has 0 radical (unpaired) electrons. The quantitative estimate of drug-likeness (QED) is 0.132. The maximum absolute atomic E-state index is 6.62. The highest BCUT2D eigenvalue weighted by Crippen LogP contribution is 2.50. The van der Waals surface area contributed by atoms with Crippen LogP contribution in [-0.4, -0.2) is 14.1 Å². The van der Waals surface area contributed by atoms with E-state index < -0.39 is 0 Å². The van der Waals surface area contributed by atoms with E-state index in [-0.39, 0.29) is 0 Å². The van der Waals surface area contributed by atoms with Gasteiger partial charge in [-0.2, -0.15) is 0 Å². The van der Waals surface area contributed by atoms with Crippen molar-refractivity contribution in [2.45, 2.75) is 0 Å². The normalized spacial score (nSPS) is 12.1. The van der Waals surface area contributed by atoms with Crippen LogP contribution in [0.4, 0.5) is 17.1 Å². The minimum atomic E-state index is 0.741. The Bertz CT molecular complexity index is 3050. The third kappa shape index (κ3) is 4.96. The zero-order chi connectivity index (χ0) is 36.5. The third-order valence-electron chi connectivity index (χ3n) is 10.7. The second-order valence-electron chi connectivity index (χ2n) is 13.9. The van der Waals surface area contributed by atoms with Crippen LogP contribution in [0.25, 0.3) is 66.6 Å². The average Bonchev–Trinajstić information content (AvgIpc) is 3.71. The number of pyridine rings is 1. The molecule has 3 aromatic heterocycles. The summed E-state index contributed by atoms with van der Waals surface area (Å²) in [5.74, 6) is 2.31. The Kier molecular flexibility index (Phi) is 6.97.